The van der Waals surface area contributed by atoms with Crippen LogP contribution in [0.25, 0.3) is 0 Å². The van der Waals surface area contributed by atoms with Crippen LogP contribution in [0.1, 0.15) is 11.6 Å². The van der Waals surface area contributed by atoms with Gasteiger partial charge in [0.1, 0.15) is 11.6 Å². The average Bonchev–Trinajstić information content (AvgIpc) is 2.94. The quantitative estimate of drug-likeness (QED) is 0.792. The molecule has 4 nitrogen and oxygen atoms in total. The van der Waals surface area contributed by atoms with E-state index in [1.807, 2.05) is 0 Å². The summed E-state index contributed by atoms with van der Waals surface area (Å²) in [4.78, 5) is 4.10. The summed E-state index contributed by atoms with van der Waals surface area (Å²) in [6.45, 7) is 1.15. The molecule has 22 heavy (non-hydrogen) atoms. The van der Waals surface area contributed by atoms with Crippen LogP contribution >= 0.6 is 24.0 Å². The zero-order chi connectivity index (χ0) is 15.6. The van der Waals surface area contributed by atoms with Crippen molar-refractivity contribution < 1.29 is 22.3 Å². The fraction of sp³-hybridized carbons (Fsp3) is 0.417. The van der Waals surface area contributed by atoms with Gasteiger partial charge in [0.05, 0.1) is 17.6 Å². The van der Waals surface area contributed by atoms with Crippen LogP contribution in [-0.2, 0) is 0 Å². The van der Waals surface area contributed by atoms with Gasteiger partial charge in [0.15, 0.2) is 0 Å². The molecule has 1 aliphatic rings. The van der Waals surface area contributed by atoms with Crippen molar-refractivity contribution in [3.63, 3.8) is 0 Å². The number of ether oxygens (including phenoxy) is 1. The summed E-state index contributed by atoms with van der Waals surface area (Å²) >= 11 is 5.93. The third kappa shape index (κ3) is 3.93. The van der Waals surface area contributed by atoms with Gasteiger partial charge in [0, 0.05) is 6.54 Å². The summed E-state index contributed by atoms with van der Waals surface area (Å²) in [6, 6.07) is 3.12. The van der Waals surface area contributed by atoms with Gasteiger partial charge in [-0.3, -0.25) is 4.99 Å². The van der Waals surface area contributed by atoms with E-state index in [0.717, 1.165) is 6.07 Å². The normalized spacial score (nSPS) is 15.9. The molecule has 0 spiro atoms. The zero-order valence-electron chi connectivity index (χ0n) is 11.0. The van der Waals surface area contributed by atoms with Gasteiger partial charge in [0.2, 0.25) is 0 Å². The zero-order valence-corrected chi connectivity index (χ0v) is 12.6. The highest BCUT2D eigenvalue weighted by Crippen LogP contribution is 2.36. The third-order valence-electron chi connectivity index (χ3n) is 2.82. The Morgan fingerprint density at radius 1 is 1.36 bits per heavy atom. The number of hydrogen-bond donors (Lipinski definition) is 2. The molecule has 0 bridgehead atoms. The molecule has 0 saturated carbocycles. The van der Waals surface area contributed by atoms with Gasteiger partial charge >= 0.3 is 12.5 Å². The first-order chi connectivity index (χ1) is 9.83. The molecule has 124 valence electrons. The number of hydrogen-bond acceptors (Lipinski definition) is 4. The van der Waals surface area contributed by atoms with Gasteiger partial charge in [-0.15, -0.1) is 12.4 Å². The van der Waals surface area contributed by atoms with Gasteiger partial charge in [-0.2, -0.15) is 17.6 Å². The average molecular weight is 362 g/mol. The van der Waals surface area contributed by atoms with E-state index in [4.69, 9.17) is 17.3 Å². The Labute approximate surface area is 135 Å². The lowest BCUT2D eigenvalue weighted by atomic mass is 10.1. The molecule has 1 atom stereocenters. The van der Waals surface area contributed by atoms with E-state index in [-0.39, 0.29) is 23.0 Å². The molecule has 0 radical (unpaired) electrons. The Bertz CT molecular complexity index is 557. The molecular formula is C12H13Cl2F4N3O. The molecule has 0 aromatic heterocycles. The fourth-order valence-electron chi connectivity index (χ4n) is 1.81. The first kappa shape index (κ1) is 18.8. The SMILES string of the molecule is Cl.NC(C1=NCCN1)c1cccc(OC(F)(F)C(F)F)c1Cl. The number of nitrogens with one attached hydrogen (secondary N) is 1. The van der Waals surface area contributed by atoms with E-state index in [9.17, 15) is 17.6 Å². The predicted octanol–water partition coefficient (Wildman–Crippen LogP) is 3.00. The summed E-state index contributed by atoms with van der Waals surface area (Å²) in [5.74, 6) is -0.108. The van der Waals surface area contributed by atoms with Gasteiger partial charge in [0.25, 0.3) is 0 Å². The van der Waals surface area contributed by atoms with Crippen molar-refractivity contribution in [1.29, 1.82) is 0 Å². The van der Waals surface area contributed by atoms with Crippen LogP contribution in [0, 0.1) is 0 Å². The number of aliphatic imine (C=N–C) groups is 1. The molecule has 1 aromatic rings. The summed E-state index contributed by atoms with van der Waals surface area (Å²) in [7, 11) is 0. The highest BCUT2D eigenvalue weighted by Gasteiger charge is 2.44. The Balaban J connectivity index is 0.00000242. The van der Waals surface area contributed by atoms with E-state index in [2.05, 4.69) is 15.0 Å². The van der Waals surface area contributed by atoms with Gasteiger partial charge < -0.3 is 15.8 Å². The summed E-state index contributed by atoms with van der Waals surface area (Å²) in [6.07, 6.45) is -8.60. The van der Waals surface area contributed by atoms with Crippen LogP contribution in [0.2, 0.25) is 5.02 Å². The standard InChI is InChI=1S/C12H12ClF4N3O.ClH/c13-8-6(9(18)10-19-4-5-20-10)2-1-3-7(8)21-12(16,17)11(14)15;/h1-3,9,11H,4-5,18H2,(H,19,20);1H. The lowest BCUT2D eigenvalue weighted by molar-refractivity contribution is -0.253. The predicted molar refractivity (Wildman–Crippen MR) is 77.5 cm³/mol. The number of benzene rings is 1. The lowest BCUT2D eigenvalue weighted by Gasteiger charge is -2.20. The van der Waals surface area contributed by atoms with E-state index in [1.54, 1.807) is 0 Å². The number of nitrogens with zero attached hydrogens (tertiary/aromatic N) is 1. The van der Waals surface area contributed by atoms with Crippen molar-refractivity contribution in [2.24, 2.45) is 10.7 Å². The summed E-state index contributed by atoms with van der Waals surface area (Å²) in [5.41, 5.74) is 6.18. The van der Waals surface area contributed by atoms with E-state index < -0.39 is 24.3 Å². The first-order valence-corrected chi connectivity index (χ1v) is 6.38. The van der Waals surface area contributed by atoms with Crippen molar-refractivity contribution in [2.45, 2.75) is 18.6 Å². The van der Waals surface area contributed by atoms with Crippen molar-refractivity contribution in [3.8, 4) is 5.75 Å². The van der Waals surface area contributed by atoms with Crippen molar-refractivity contribution in [3.05, 3.63) is 28.8 Å². The topological polar surface area (TPSA) is 59.6 Å². The van der Waals surface area contributed by atoms with Crippen molar-refractivity contribution >= 4 is 29.8 Å². The number of rotatable bonds is 5. The number of nitrogens with two attached hydrogens (primary N) is 1. The van der Waals surface area contributed by atoms with Gasteiger partial charge in [-0.25, -0.2) is 0 Å². The van der Waals surface area contributed by atoms with Crippen LogP contribution in [0.3, 0.4) is 0 Å². The number of halogens is 6. The lowest BCUT2D eigenvalue weighted by Crippen LogP contribution is -2.34. The maximum Gasteiger partial charge on any atom is 0.461 e. The fourth-order valence-corrected chi connectivity index (χ4v) is 2.09. The summed E-state index contributed by atoms with van der Waals surface area (Å²) < 4.78 is 54.2. The largest absolute Gasteiger partial charge is 0.461 e. The molecule has 3 N–H and O–H groups in total. The smallest absolute Gasteiger partial charge is 0.427 e. The molecule has 1 aliphatic heterocycles. The molecule has 0 aliphatic carbocycles. The van der Waals surface area contributed by atoms with Crippen LogP contribution in [0.15, 0.2) is 23.2 Å². The monoisotopic (exact) mass is 361 g/mol. The summed E-state index contributed by atoms with van der Waals surface area (Å²) in [5, 5.41) is 2.68. The van der Waals surface area contributed by atoms with Crippen LogP contribution < -0.4 is 15.8 Å². The highest BCUT2D eigenvalue weighted by atomic mass is 35.5. The Morgan fingerprint density at radius 2 is 2.05 bits per heavy atom. The molecule has 0 amide bonds. The van der Waals surface area contributed by atoms with Crippen LogP contribution in [0.5, 0.6) is 5.75 Å². The van der Waals surface area contributed by atoms with E-state index in [1.165, 1.54) is 12.1 Å². The number of amidine groups is 1. The minimum atomic E-state index is -4.63. The first-order valence-electron chi connectivity index (χ1n) is 6.00. The third-order valence-corrected chi connectivity index (χ3v) is 3.23. The molecule has 10 heteroatoms. The molecule has 1 heterocycles. The maximum atomic E-state index is 12.9. The maximum absolute atomic E-state index is 12.9. The Hall–Kier alpha value is -1.25. The van der Waals surface area contributed by atoms with E-state index >= 15 is 0 Å². The van der Waals surface area contributed by atoms with Gasteiger partial charge in [-0.05, 0) is 11.6 Å². The van der Waals surface area contributed by atoms with Crippen molar-refractivity contribution in [2.75, 3.05) is 13.1 Å². The van der Waals surface area contributed by atoms with Crippen molar-refractivity contribution in [1.82, 2.24) is 5.32 Å². The van der Waals surface area contributed by atoms with E-state index in [0.29, 0.717) is 18.9 Å². The van der Waals surface area contributed by atoms with Gasteiger partial charge in [-0.1, -0.05) is 23.7 Å². The minimum Gasteiger partial charge on any atom is -0.427 e. The molecule has 0 fully saturated rings. The molecule has 2 rings (SSSR count). The highest BCUT2D eigenvalue weighted by molar-refractivity contribution is 6.33. The number of alkyl halides is 4. The molecular weight excluding hydrogens is 349 g/mol. The van der Waals surface area contributed by atoms with Crippen LogP contribution in [0.4, 0.5) is 17.6 Å². The second-order valence-electron chi connectivity index (χ2n) is 4.30. The second kappa shape index (κ2) is 7.34. The minimum absolute atomic E-state index is 0. The van der Waals surface area contributed by atoms with Crippen LogP contribution in [-0.4, -0.2) is 31.5 Å². The second-order valence-corrected chi connectivity index (χ2v) is 4.67. The Morgan fingerprint density at radius 3 is 2.59 bits per heavy atom. The molecule has 0 saturated heterocycles. The molecule has 1 unspecified atom stereocenters. The molecule has 1 aromatic carbocycles. The Kier molecular flexibility index (Phi) is 6.27.